The van der Waals surface area contributed by atoms with Crippen molar-refractivity contribution in [2.75, 3.05) is 6.54 Å². The molecule has 7 heteroatoms. The maximum absolute atomic E-state index is 11.7. The molecule has 2 rings (SSSR count). The Kier molecular flexibility index (Phi) is 5.34. The highest BCUT2D eigenvalue weighted by Crippen LogP contribution is 2.24. The molecule has 3 N–H and O–H groups in total. The maximum atomic E-state index is 11.7. The van der Waals surface area contributed by atoms with Crippen LogP contribution in [0.25, 0.3) is 0 Å². The van der Waals surface area contributed by atoms with Crippen LogP contribution in [0.1, 0.15) is 30.7 Å². The third-order valence-corrected chi connectivity index (χ3v) is 4.31. The normalized spacial score (nSPS) is 22.2. The van der Waals surface area contributed by atoms with Crippen LogP contribution in [0.2, 0.25) is 0 Å². The number of carbonyl (C=O) groups is 2. The van der Waals surface area contributed by atoms with E-state index in [1.165, 1.54) is 0 Å². The Balaban J connectivity index is 1.67. The van der Waals surface area contributed by atoms with Crippen molar-refractivity contribution in [3.8, 4) is 0 Å². The minimum atomic E-state index is -0.763. The van der Waals surface area contributed by atoms with E-state index in [0.717, 1.165) is 17.8 Å². The molecule has 0 bridgehead atoms. The summed E-state index contributed by atoms with van der Waals surface area (Å²) < 4.78 is 0. The molecule has 2 atom stereocenters. The van der Waals surface area contributed by atoms with Crippen molar-refractivity contribution >= 4 is 23.3 Å². The number of carboxylic acid groups (broad SMARTS) is 1. The van der Waals surface area contributed by atoms with Gasteiger partial charge in [-0.2, -0.15) is 0 Å². The van der Waals surface area contributed by atoms with Gasteiger partial charge in [-0.3, -0.25) is 4.79 Å². The highest BCUT2D eigenvalue weighted by Gasteiger charge is 2.27. The van der Waals surface area contributed by atoms with E-state index in [0.29, 0.717) is 25.8 Å². The number of rotatable bonds is 5. The van der Waals surface area contributed by atoms with Crippen molar-refractivity contribution in [2.24, 2.45) is 5.92 Å². The van der Waals surface area contributed by atoms with Gasteiger partial charge in [-0.05, 0) is 19.3 Å². The molecule has 0 saturated heterocycles. The van der Waals surface area contributed by atoms with Gasteiger partial charge in [0.15, 0.2) is 0 Å². The van der Waals surface area contributed by atoms with E-state index in [4.69, 9.17) is 5.11 Å². The molecule has 20 heavy (non-hydrogen) atoms. The van der Waals surface area contributed by atoms with E-state index < -0.39 is 5.97 Å². The fourth-order valence-electron chi connectivity index (χ4n) is 2.44. The number of carboxylic acids is 1. The molecule has 1 aromatic rings. The predicted molar refractivity (Wildman–Crippen MR) is 75.7 cm³/mol. The molecule has 1 aliphatic carbocycles. The molecule has 1 heterocycles. The van der Waals surface area contributed by atoms with Crippen molar-refractivity contribution in [3.05, 3.63) is 16.6 Å². The second kappa shape index (κ2) is 7.23. The van der Waals surface area contributed by atoms with E-state index in [9.17, 15) is 9.59 Å². The summed E-state index contributed by atoms with van der Waals surface area (Å²) in [6.07, 6.45) is 5.39. The van der Waals surface area contributed by atoms with Gasteiger partial charge in [0.2, 0.25) is 0 Å². The Morgan fingerprint density at radius 3 is 3.00 bits per heavy atom. The second-order valence-electron chi connectivity index (χ2n) is 4.97. The molecule has 2 unspecified atom stereocenters. The van der Waals surface area contributed by atoms with Gasteiger partial charge >= 0.3 is 12.0 Å². The molecule has 1 aliphatic rings. The van der Waals surface area contributed by atoms with Crippen molar-refractivity contribution in [3.63, 3.8) is 0 Å². The van der Waals surface area contributed by atoms with Crippen LogP contribution < -0.4 is 10.6 Å². The van der Waals surface area contributed by atoms with Gasteiger partial charge in [-0.15, -0.1) is 11.3 Å². The number of thiazole rings is 1. The van der Waals surface area contributed by atoms with Crippen LogP contribution >= 0.6 is 11.3 Å². The first-order chi connectivity index (χ1) is 9.65. The van der Waals surface area contributed by atoms with Crippen molar-refractivity contribution in [1.29, 1.82) is 0 Å². The lowest BCUT2D eigenvalue weighted by atomic mass is 9.86. The fourth-order valence-corrected chi connectivity index (χ4v) is 3.06. The van der Waals surface area contributed by atoms with Gasteiger partial charge in [0, 0.05) is 30.6 Å². The lowest BCUT2D eigenvalue weighted by molar-refractivity contribution is -0.143. The molecule has 1 saturated carbocycles. The van der Waals surface area contributed by atoms with Crippen molar-refractivity contribution in [1.82, 2.24) is 15.6 Å². The number of amides is 2. The van der Waals surface area contributed by atoms with Gasteiger partial charge in [0.05, 0.1) is 10.9 Å². The summed E-state index contributed by atoms with van der Waals surface area (Å²) in [6.45, 7) is 0.536. The maximum Gasteiger partial charge on any atom is 0.315 e. The third kappa shape index (κ3) is 4.48. The van der Waals surface area contributed by atoms with Gasteiger partial charge in [0.1, 0.15) is 0 Å². The fraction of sp³-hybridized carbons (Fsp3) is 0.615. The van der Waals surface area contributed by atoms with Crippen LogP contribution in [-0.2, 0) is 11.2 Å². The highest BCUT2D eigenvalue weighted by molar-refractivity contribution is 7.09. The molecule has 1 aromatic heterocycles. The largest absolute Gasteiger partial charge is 0.481 e. The summed E-state index contributed by atoms with van der Waals surface area (Å²) in [5.41, 5.74) is 0. The van der Waals surface area contributed by atoms with Crippen molar-refractivity contribution in [2.45, 2.75) is 38.1 Å². The average Bonchev–Trinajstić information content (AvgIpc) is 2.92. The van der Waals surface area contributed by atoms with Crippen LogP contribution in [0.5, 0.6) is 0 Å². The smallest absolute Gasteiger partial charge is 0.315 e. The number of hydrogen-bond acceptors (Lipinski definition) is 4. The summed E-state index contributed by atoms with van der Waals surface area (Å²) >= 11 is 1.57. The van der Waals surface area contributed by atoms with E-state index in [-0.39, 0.29) is 18.0 Å². The van der Waals surface area contributed by atoms with E-state index in [2.05, 4.69) is 15.6 Å². The zero-order valence-corrected chi connectivity index (χ0v) is 12.0. The highest BCUT2D eigenvalue weighted by atomic mass is 32.1. The molecule has 6 nitrogen and oxygen atoms in total. The first-order valence-electron chi connectivity index (χ1n) is 6.80. The van der Waals surface area contributed by atoms with Crippen LogP contribution in [0.4, 0.5) is 4.79 Å². The minimum absolute atomic E-state index is 0.0373. The van der Waals surface area contributed by atoms with Crippen molar-refractivity contribution < 1.29 is 14.7 Å². The van der Waals surface area contributed by atoms with E-state index in [1.54, 1.807) is 17.5 Å². The lowest BCUT2D eigenvalue weighted by Crippen LogP contribution is -2.45. The Morgan fingerprint density at radius 2 is 2.30 bits per heavy atom. The third-order valence-electron chi connectivity index (χ3n) is 3.47. The Morgan fingerprint density at radius 1 is 1.45 bits per heavy atom. The molecule has 2 amide bonds. The Labute approximate surface area is 121 Å². The lowest BCUT2D eigenvalue weighted by Gasteiger charge is -2.27. The Bertz CT molecular complexity index is 450. The number of aliphatic carboxylic acids is 1. The van der Waals surface area contributed by atoms with Gasteiger partial charge in [-0.25, -0.2) is 9.78 Å². The molecule has 1 fully saturated rings. The van der Waals surface area contributed by atoms with Crippen LogP contribution in [0.3, 0.4) is 0 Å². The monoisotopic (exact) mass is 297 g/mol. The predicted octanol–water partition coefficient (Wildman–Crippen LogP) is 1.63. The summed E-state index contributed by atoms with van der Waals surface area (Å²) in [6, 6.07) is -0.262. The van der Waals surface area contributed by atoms with Gasteiger partial charge in [-0.1, -0.05) is 6.42 Å². The zero-order chi connectivity index (χ0) is 14.4. The Hall–Kier alpha value is -1.63. The molecular weight excluding hydrogens is 278 g/mol. The van der Waals surface area contributed by atoms with Gasteiger partial charge < -0.3 is 15.7 Å². The van der Waals surface area contributed by atoms with E-state index in [1.807, 2.05) is 5.38 Å². The quantitative estimate of drug-likeness (QED) is 0.770. The molecule has 0 radical (unpaired) electrons. The van der Waals surface area contributed by atoms with Crippen LogP contribution in [-0.4, -0.2) is 34.7 Å². The van der Waals surface area contributed by atoms with E-state index >= 15 is 0 Å². The topological polar surface area (TPSA) is 91.3 Å². The number of hydrogen-bond donors (Lipinski definition) is 3. The van der Waals surface area contributed by atoms with Crippen LogP contribution in [0, 0.1) is 5.92 Å². The van der Waals surface area contributed by atoms with Gasteiger partial charge in [0.25, 0.3) is 0 Å². The number of aromatic nitrogens is 1. The zero-order valence-electron chi connectivity index (χ0n) is 11.2. The summed E-state index contributed by atoms with van der Waals surface area (Å²) in [7, 11) is 0. The van der Waals surface area contributed by atoms with Crippen LogP contribution in [0.15, 0.2) is 11.6 Å². The molecule has 0 spiro atoms. The second-order valence-corrected chi connectivity index (χ2v) is 5.95. The number of urea groups is 1. The average molecular weight is 297 g/mol. The SMILES string of the molecule is O=C(NCCc1nccs1)NC1CCCC(C(=O)O)C1. The summed E-state index contributed by atoms with van der Waals surface area (Å²) in [4.78, 5) is 26.8. The molecule has 110 valence electrons. The number of nitrogens with zero attached hydrogens (tertiary/aromatic N) is 1. The summed E-state index contributed by atoms with van der Waals surface area (Å²) in [5, 5.41) is 17.5. The first-order valence-corrected chi connectivity index (χ1v) is 7.68. The molecular formula is C13H19N3O3S. The number of nitrogens with one attached hydrogen (secondary N) is 2. The minimum Gasteiger partial charge on any atom is -0.481 e. The first kappa shape index (κ1) is 14.8. The number of carbonyl (C=O) groups excluding carboxylic acids is 1. The standard InChI is InChI=1S/C13H19N3O3S/c17-12(18)9-2-1-3-10(8-9)16-13(19)15-5-4-11-14-6-7-20-11/h6-7,9-10H,1-5,8H2,(H,17,18)(H2,15,16,19). The molecule has 0 aromatic carbocycles. The summed E-state index contributed by atoms with van der Waals surface area (Å²) in [5.74, 6) is -1.09. The molecule has 0 aliphatic heterocycles.